The summed E-state index contributed by atoms with van der Waals surface area (Å²) in [6.07, 6.45) is -0.0365. The predicted octanol–water partition coefficient (Wildman–Crippen LogP) is 2.15. The Bertz CT molecular complexity index is 445. The maximum absolute atomic E-state index is 12.1. The zero-order chi connectivity index (χ0) is 13.0. The van der Waals surface area contributed by atoms with Gasteiger partial charge in [0, 0.05) is 22.7 Å². The van der Waals surface area contributed by atoms with Crippen LogP contribution in [0.3, 0.4) is 0 Å². The van der Waals surface area contributed by atoms with E-state index in [4.69, 9.17) is 5.11 Å². The molecule has 0 atom stereocenters. The minimum absolute atomic E-state index is 0.0365. The van der Waals surface area contributed by atoms with E-state index in [9.17, 15) is 9.59 Å². The molecule has 0 bridgehead atoms. The molecule has 0 aliphatic rings. The predicted molar refractivity (Wildman–Crippen MR) is 73.1 cm³/mol. The molecule has 0 heterocycles. The van der Waals surface area contributed by atoms with Crippen molar-refractivity contribution in [1.82, 2.24) is 4.90 Å². The van der Waals surface area contributed by atoms with E-state index in [1.54, 1.807) is 13.1 Å². The van der Waals surface area contributed by atoms with Crippen molar-refractivity contribution in [2.45, 2.75) is 13.3 Å². The molecule has 0 unspecified atom stereocenters. The summed E-state index contributed by atoms with van der Waals surface area (Å²) in [5.74, 6) is -1.04. The number of carbonyl (C=O) groups excluding carboxylic acids is 1. The van der Waals surface area contributed by atoms with Gasteiger partial charge >= 0.3 is 5.97 Å². The van der Waals surface area contributed by atoms with E-state index in [-0.39, 0.29) is 18.9 Å². The highest BCUT2D eigenvalue weighted by molar-refractivity contribution is 14.1. The lowest BCUT2D eigenvalue weighted by Gasteiger charge is -2.17. The second kappa shape index (κ2) is 6.00. The lowest BCUT2D eigenvalue weighted by molar-refractivity contribution is -0.137. The quantitative estimate of drug-likeness (QED) is 0.850. The first-order chi connectivity index (χ1) is 7.93. The molecule has 0 saturated carbocycles. The second-order valence-corrected chi connectivity index (χ2v) is 4.95. The monoisotopic (exact) mass is 347 g/mol. The zero-order valence-electron chi connectivity index (χ0n) is 9.74. The summed E-state index contributed by atoms with van der Waals surface area (Å²) in [6.45, 7) is 2.11. The standard InChI is InChI=1S/C12H14INO3/c1-8-9(4-3-5-10(8)13)12(17)14(2)7-6-11(15)16/h3-5H,6-7H2,1-2H3,(H,15,16). The normalized spacial score (nSPS) is 10.1. The maximum Gasteiger partial charge on any atom is 0.305 e. The van der Waals surface area contributed by atoms with Crippen LogP contribution in [-0.2, 0) is 4.79 Å². The molecule has 0 fully saturated rings. The Kier molecular flexibility index (Phi) is 4.92. The lowest BCUT2D eigenvalue weighted by Crippen LogP contribution is -2.29. The number of amides is 1. The van der Waals surface area contributed by atoms with Gasteiger partial charge in [-0.1, -0.05) is 6.07 Å². The largest absolute Gasteiger partial charge is 0.481 e. The molecule has 1 amide bonds. The first-order valence-electron chi connectivity index (χ1n) is 5.16. The summed E-state index contributed by atoms with van der Waals surface area (Å²) in [5.41, 5.74) is 1.56. The Morgan fingerprint density at radius 1 is 1.41 bits per heavy atom. The Morgan fingerprint density at radius 2 is 2.06 bits per heavy atom. The average Bonchev–Trinajstić information content (AvgIpc) is 2.28. The molecule has 0 saturated heterocycles. The molecule has 1 rings (SSSR count). The van der Waals surface area contributed by atoms with Crippen molar-refractivity contribution in [3.8, 4) is 0 Å². The first-order valence-corrected chi connectivity index (χ1v) is 6.23. The van der Waals surface area contributed by atoms with Gasteiger partial charge in [-0.3, -0.25) is 9.59 Å². The van der Waals surface area contributed by atoms with Gasteiger partial charge in [0.25, 0.3) is 5.91 Å². The van der Waals surface area contributed by atoms with Crippen LogP contribution in [0.1, 0.15) is 22.3 Å². The van der Waals surface area contributed by atoms with E-state index in [0.29, 0.717) is 5.56 Å². The van der Waals surface area contributed by atoms with Gasteiger partial charge in [-0.15, -0.1) is 0 Å². The number of rotatable bonds is 4. The number of carboxylic acid groups (broad SMARTS) is 1. The fraction of sp³-hybridized carbons (Fsp3) is 0.333. The third-order valence-corrected chi connectivity index (χ3v) is 3.67. The van der Waals surface area contributed by atoms with Crippen LogP contribution in [-0.4, -0.2) is 35.5 Å². The van der Waals surface area contributed by atoms with Crippen LogP contribution < -0.4 is 0 Å². The lowest BCUT2D eigenvalue weighted by atomic mass is 10.1. The van der Waals surface area contributed by atoms with Crippen LogP contribution in [0, 0.1) is 10.5 Å². The van der Waals surface area contributed by atoms with E-state index in [2.05, 4.69) is 22.6 Å². The molecule has 92 valence electrons. The van der Waals surface area contributed by atoms with Crippen LogP contribution in [0.4, 0.5) is 0 Å². The van der Waals surface area contributed by atoms with Gasteiger partial charge < -0.3 is 10.0 Å². The van der Waals surface area contributed by atoms with Crippen molar-refractivity contribution < 1.29 is 14.7 Å². The Morgan fingerprint density at radius 3 is 2.65 bits per heavy atom. The molecule has 1 N–H and O–H groups in total. The molecule has 5 heteroatoms. The number of halogens is 1. The summed E-state index contributed by atoms with van der Waals surface area (Å²) in [5, 5.41) is 8.57. The first kappa shape index (κ1) is 14.0. The minimum atomic E-state index is -0.899. The number of hydrogen-bond donors (Lipinski definition) is 1. The highest BCUT2D eigenvalue weighted by atomic mass is 127. The molecule has 17 heavy (non-hydrogen) atoms. The summed E-state index contributed by atoms with van der Waals surface area (Å²) >= 11 is 2.17. The summed E-state index contributed by atoms with van der Waals surface area (Å²) in [6, 6.07) is 5.52. The SMILES string of the molecule is Cc1c(I)cccc1C(=O)N(C)CCC(=O)O. The van der Waals surface area contributed by atoms with Crippen molar-refractivity contribution in [1.29, 1.82) is 0 Å². The van der Waals surface area contributed by atoms with Crippen LogP contribution in [0.25, 0.3) is 0 Å². The highest BCUT2D eigenvalue weighted by Gasteiger charge is 2.15. The second-order valence-electron chi connectivity index (χ2n) is 3.78. The van der Waals surface area contributed by atoms with Gasteiger partial charge in [0.2, 0.25) is 0 Å². The molecule has 1 aromatic rings. The molecular formula is C12H14INO3. The molecule has 0 radical (unpaired) electrons. The van der Waals surface area contributed by atoms with E-state index >= 15 is 0 Å². The van der Waals surface area contributed by atoms with E-state index in [1.807, 2.05) is 19.1 Å². The molecule has 0 aromatic heterocycles. The van der Waals surface area contributed by atoms with Crippen molar-refractivity contribution >= 4 is 34.5 Å². The topological polar surface area (TPSA) is 57.6 Å². The van der Waals surface area contributed by atoms with Crippen LogP contribution in [0.5, 0.6) is 0 Å². The fourth-order valence-electron chi connectivity index (χ4n) is 1.41. The molecule has 1 aromatic carbocycles. The smallest absolute Gasteiger partial charge is 0.305 e. The van der Waals surface area contributed by atoms with Crippen LogP contribution in [0.15, 0.2) is 18.2 Å². The third-order valence-electron chi connectivity index (χ3n) is 2.51. The van der Waals surface area contributed by atoms with Gasteiger partial charge in [-0.05, 0) is 47.2 Å². The highest BCUT2D eigenvalue weighted by Crippen LogP contribution is 2.17. The molecule has 0 spiro atoms. The Labute approximate surface area is 114 Å². The van der Waals surface area contributed by atoms with Crippen LogP contribution >= 0.6 is 22.6 Å². The Balaban J connectivity index is 2.82. The summed E-state index contributed by atoms with van der Waals surface area (Å²) in [7, 11) is 1.62. The summed E-state index contributed by atoms with van der Waals surface area (Å²) < 4.78 is 1.03. The van der Waals surface area contributed by atoms with Crippen molar-refractivity contribution in [3.63, 3.8) is 0 Å². The van der Waals surface area contributed by atoms with Gasteiger partial charge in [0.05, 0.1) is 6.42 Å². The minimum Gasteiger partial charge on any atom is -0.481 e. The van der Waals surface area contributed by atoms with Crippen molar-refractivity contribution in [2.75, 3.05) is 13.6 Å². The molecule has 0 aliphatic heterocycles. The fourth-order valence-corrected chi connectivity index (χ4v) is 1.91. The van der Waals surface area contributed by atoms with E-state index in [0.717, 1.165) is 9.13 Å². The molecule has 4 nitrogen and oxygen atoms in total. The Hall–Kier alpha value is -1.11. The number of hydrogen-bond acceptors (Lipinski definition) is 2. The molecule has 0 aliphatic carbocycles. The average molecular weight is 347 g/mol. The zero-order valence-corrected chi connectivity index (χ0v) is 11.9. The summed E-state index contributed by atoms with van der Waals surface area (Å²) in [4.78, 5) is 23.9. The number of aliphatic carboxylic acids is 1. The van der Waals surface area contributed by atoms with Crippen LogP contribution in [0.2, 0.25) is 0 Å². The van der Waals surface area contributed by atoms with Gasteiger partial charge in [0.1, 0.15) is 0 Å². The third kappa shape index (κ3) is 3.69. The number of carboxylic acids is 1. The van der Waals surface area contributed by atoms with Gasteiger partial charge in [0.15, 0.2) is 0 Å². The number of benzene rings is 1. The maximum atomic E-state index is 12.1. The number of carbonyl (C=O) groups is 2. The van der Waals surface area contributed by atoms with Gasteiger partial charge in [-0.2, -0.15) is 0 Å². The van der Waals surface area contributed by atoms with E-state index in [1.165, 1.54) is 4.90 Å². The van der Waals surface area contributed by atoms with Gasteiger partial charge in [-0.25, -0.2) is 0 Å². The van der Waals surface area contributed by atoms with Crippen molar-refractivity contribution in [3.05, 3.63) is 32.9 Å². The molecular weight excluding hydrogens is 333 g/mol. The van der Waals surface area contributed by atoms with E-state index < -0.39 is 5.97 Å². The van der Waals surface area contributed by atoms with Crippen molar-refractivity contribution in [2.24, 2.45) is 0 Å². The number of nitrogens with zero attached hydrogens (tertiary/aromatic N) is 1.